The number of benzene rings is 1. The normalized spacial score (nSPS) is 12.2. The van der Waals surface area contributed by atoms with E-state index >= 15 is 0 Å². The van der Waals surface area contributed by atoms with Crippen molar-refractivity contribution in [1.82, 2.24) is 5.32 Å². The predicted octanol–water partition coefficient (Wildman–Crippen LogP) is 3.98. The van der Waals surface area contributed by atoms with Crippen LogP contribution in [0.2, 0.25) is 0 Å². The molecule has 1 amide bonds. The topological polar surface area (TPSA) is 42.2 Å². The van der Waals surface area contributed by atoms with Crippen LogP contribution in [0.4, 0.5) is 4.39 Å². The first-order valence-electron chi connectivity index (χ1n) is 5.79. The molecule has 0 aliphatic heterocycles. The van der Waals surface area contributed by atoms with Crippen LogP contribution in [0.25, 0.3) is 0 Å². The Hall–Kier alpha value is -1.62. The summed E-state index contributed by atoms with van der Waals surface area (Å²) in [6, 6.07) is 7.62. The highest BCUT2D eigenvalue weighted by Crippen LogP contribution is 2.18. The van der Waals surface area contributed by atoms with Gasteiger partial charge >= 0.3 is 0 Å². The van der Waals surface area contributed by atoms with Gasteiger partial charge < -0.3 is 9.73 Å². The fourth-order valence-corrected chi connectivity index (χ4v) is 2.04. The third-order valence-electron chi connectivity index (χ3n) is 2.71. The Morgan fingerprint density at radius 2 is 2.11 bits per heavy atom. The van der Waals surface area contributed by atoms with Gasteiger partial charge in [-0.05, 0) is 44.2 Å². The largest absolute Gasteiger partial charge is 0.464 e. The molecule has 0 saturated carbocycles. The van der Waals surface area contributed by atoms with E-state index in [0.717, 1.165) is 5.76 Å². The monoisotopic (exact) mass is 325 g/mol. The molecule has 3 nitrogen and oxygen atoms in total. The second-order valence-electron chi connectivity index (χ2n) is 4.27. The first-order valence-corrected chi connectivity index (χ1v) is 6.59. The zero-order chi connectivity index (χ0) is 14.0. The molecule has 0 saturated heterocycles. The molecule has 0 bridgehead atoms. The van der Waals surface area contributed by atoms with E-state index < -0.39 is 11.7 Å². The highest BCUT2D eigenvalue weighted by Gasteiger charge is 2.17. The van der Waals surface area contributed by atoms with Gasteiger partial charge in [-0.3, -0.25) is 4.79 Å². The minimum Gasteiger partial charge on any atom is -0.464 e. The summed E-state index contributed by atoms with van der Waals surface area (Å²) < 4.78 is 19.7. The van der Waals surface area contributed by atoms with Crippen molar-refractivity contribution in [1.29, 1.82) is 0 Å². The molecule has 19 heavy (non-hydrogen) atoms. The van der Waals surface area contributed by atoms with Gasteiger partial charge in [-0.2, -0.15) is 0 Å². The number of carbonyl (C=O) groups is 1. The van der Waals surface area contributed by atoms with Gasteiger partial charge in [-0.1, -0.05) is 15.9 Å². The molecule has 1 unspecified atom stereocenters. The van der Waals surface area contributed by atoms with E-state index in [0.29, 0.717) is 10.2 Å². The molecule has 0 fully saturated rings. The lowest BCUT2D eigenvalue weighted by Crippen LogP contribution is -2.27. The summed E-state index contributed by atoms with van der Waals surface area (Å²) >= 11 is 3.15. The van der Waals surface area contributed by atoms with E-state index in [-0.39, 0.29) is 11.6 Å². The average Bonchev–Trinajstić information content (AvgIpc) is 2.75. The van der Waals surface area contributed by atoms with Gasteiger partial charge in [0, 0.05) is 4.47 Å². The lowest BCUT2D eigenvalue weighted by atomic mass is 10.1. The Balaban J connectivity index is 2.12. The molecular weight excluding hydrogens is 313 g/mol. The highest BCUT2D eigenvalue weighted by atomic mass is 79.9. The van der Waals surface area contributed by atoms with Crippen LogP contribution in [0, 0.1) is 12.7 Å². The van der Waals surface area contributed by atoms with Crippen molar-refractivity contribution in [2.75, 3.05) is 0 Å². The van der Waals surface area contributed by atoms with E-state index in [9.17, 15) is 9.18 Å². The third-order valence-corrected chi connectivity index (χ3v) is 3.20. The minimum absolute atomic E-state index is 0.0123. The molecule has 0 aliphatic rings. The number of nitrogens with one attached hydrogen (secondary N) is 1. The number of amides is 1. The summed E-state index contributed by atoms with van der Waals surface area (Å²) in [4.78, 5) is 12.0. The molecule has 1 aromatic heterocycles. The van der Waals surface area contributed by atoms with Crippen molar-refractivity contribution < 1.29 is 13.6 Å². The van der Waals surface area contributed by atoms with Crippen molar-refractivity contribution in [3.05, 3.63) is 57.7 Å². The molecule has 1 N–H and O–H groups in total. The zero-order valence-electron chi connectivity index (χ0n) is 10.5. The first kappa shape index (κ1) is 13.8. The van der Waals surface area contributed by atoms with Crippen LogP contribution >= 0.6 is 15.9 Å². The molecule has 2 aromatic rings. The van der Waals surface area contributed by atoms with Crippen LogP contribution < -0.4 is 5.32 Å². The summed E-state index contributed by atoms with van der Waals surface area (Å²) in [5.41, 5.74) is 0.0123. The number of halogens is 2. The molecule has 5 heteroatoms. The highest BCUT2D eigenvalue weighted by molar-refractivity contribution is 9.10. The smallest absolute Gasteiger partial charge is 0.254 e. The van der Waals surface area contributed by atoms with Crippen molar-refractivity contribution in [2.45, 2.75) is 19.9 Å². The molecule has 100 valence electrons. The molecule has 1 aromatic carbocycles. The Labute approximate surface area is 118 Å². The van der Waals surface area contributed by atoms with Crippen molar-refractivity contribution in [3.63, 3.8) is 0 Å². The van der Waals surface area contributed by atoms with E-state index in [4.69, 9.17) is 4.42 Å². The van der Waals surface area contributed by atoms with Crippen molar-refractivity contribution >= 4 is 21.8 Å². The number of furan rings is 1. The van der Waals surface area contributed by atoms with Crippen LogP contribution in [0.5, 0.6) is 0 Å². The van der Waals surface area contributed by atoms with Gasteiger partial charge in [0.1, 0.15) is 17.3 Å². The van der Waals surface area contributed by atoms with Gasteiger partial charge in [0.25, 0.3) is 5.91 Å². The maximum absolute atomic E-state index is 13.6. The number of hydrogen-bond donors (Lipinski definition) is 1. The fourth-order valence-electron chi connectivity index (χ4n) is 1.71. The molecule has 1 heterocycles. The zero-order valence-corrected chi connectivity index (χ0v) is 12.1. The Morgan fingerprint density at radius 3 is 2.68 bits per heavy atom. The summed E-state index contributed by atoms with van der Waals surface area (Å²) in [5, 5.41) is 2.70. The Bertz CT molecular complexity index is 609. The van der Waals surface area contributed by atoms with Crippen LogP contribution in [0.1, 0.15) is 34.8 Å². The molecule has 0 spiro atoms. The summed E-state index contributed by atoms with van der Waals surface area (Å²) in [5.74, 6) is 0.385. The van der Waals surface area contributed by atoms with Crippen LogP contribution in [0.3, 0.4) is 0 Å². The lowest BCUT2D eigenvalue weighted by Gasteiger charge is -2.12. The summed E-state index contributed by atoms with van der Waals surface area (Å²) in [7, 11) is 0. The van der Waals surface area contributed by atoms with Crippen molar-refractivity contribution in [2.24, 2.45) is 0 Å². The third kappa shape index (κ3) is 3.23. The van der Waals surface area contributed by atoms with Gasteiger partial charge in [0.05, 0.1) is 11.6 Å². The summed E-state index contributed by atoms with van der Waals surface area (Å²) in [6.45, 7) is 3.61. The van der Waals surface area contributed by atoms with E-state index in [2.05, 4.69) is 21.2 Å². The maximum Gasteiger partial charge on any atom is 0.254 e. The van der Waals surface area contributed by atoms with E-state index in [1.54, 1.807) is 19.1 Å². The van der Waals surface area contributed by atoms with Gasteiger partial charge in [0.15, 0.2) is 0 Å². The summed E-state index contributed by atoms with van der Waals surface area (Å²) in [6.07, 6.45) is 0. The molecular formula is C14H13BrFNO2. The second-order valence-corrected chi connectivity index (χ2v) is 5.18. The number of rotatable bonds is 3. The lowest BCUT2D eigenvalue weighted by molar-refractivity contribution is 0.0931. The molecule has 2 rings (SSSR count). The fraction of sp³-hybridized carbons (Fsp3) is 0.214. The second kappa shape index (κ2) is 5.57. The van der Waals surface area contributed by atoms with E-state index in [1.807, 2.05) is 13.0 Å². The van der Waals surface area contributed by atoms with Gasteiger partial charge in [-0.15, -0.1) is 0 Å². The molecule has 0 aliphatic carbocycles. The van der Waals surface area contributed by atoms with Crippen LogP contribution in [-0.2, 0) is 0 Å². The number of aryl methyl sites for hydroxylation is 1. The first-order chi connectivity index (χ1) is 8.97. The molecule has 1 atom stereocenters. The standard InChI is InChI=1S/C14H13BrFNO2/c1-8-3-6-13(19-8)9(2)17-14(18)11-5-4-10(15)7-12(11)16/h3-7,9H,1-2H3,(H,17,18). The number of carbonyl (C=O) groups excluding carboxylic acids is 1. The average molecular weight is 326 g/mol. The van der Waals surface area contributed by atoms with Crippen LogP contribution in [0.15, 0.2) is 39.2 Å². The van der Waals surface area contributed by atoms with Gasteiger partial charge in [0.2, 0.25) is 0 Å². The quantitative estimate of drug-likeness (QED) is 0.927. The van der Waals surface area contributed by atoms with E-state index in [1.165, 1.54) is 12.1 Å². The minimum atomic E-state index is -0.560. The predicted molar refractivity (Wildman–Crippen MR) is 73.4 cm³/mol. The van der Waals surface area contributed by atoms with Crippen molar-refractivity contribution in [3.8, 4) is 0 Å². The van der Waals surface area contributed by atoms with Crippen LogP contribution in [-0.4, -0.2) is 5.91 Å². The molecule has 0 radical (unpaired) electrons. The SMILES string of the molecule is Cc1ccc(C(C)NC(=O)c2ccc(Br)cc2F)o1. The van der Waals surface area contributed by atoms with Gasteiger partial charge in [-0.25, -0.2) is 4.39 Å². The Kier molecular flexibility index (Phi) is 4.04. The Morgan fingerprint density at radius 1 is 1.37 bits per heavy atom. The maximum atomic E-state index is 13.6. The number of hydrogen-bond acceptors (Lipinski definition) is 2.